The Bertz CT molecular complexity index is 378. The molecule has 0 saturated carbocycles. The Morgan fingerprint density at radius 2 is 2.22 bits per heavy atom. The molecule has 0 aliphatic heterocycles. The Kier molecular flexibility index (Phi) is 6.22. The van der Waals surface area contributed by atoms with Gasteiger partial charge >= 0.3 is 0 Å². The molecule has 0 aliphatic rings. The Morgan fingerprint density at radius 3 is 2.89 bits per heavy atom. The van der Waals surface area contributed by atoms with Crippen LogP contribution in [0.1, 0.15) is 26.7 Å². The van der Waals surface area contributed by atoms with Crippen LogP contribution in [0.15, 0.2) is 24.3 Å². The molecule has 0 radical (unpaired) electrons. The molecule has 100 valence electrons. The van der Waals surface area contributed by atoms with E-state index in [1.54, 1.807) is 24.3 Å². The molecule has 1 aromatic rings. The first-order valence-corrected chi connectivity index (χ1v) is 6.31. The number of hydrogen-bond donors (Lipinski definition) is 2. The molecule has 0 spiro atoms. The molecule has 1 aromatic carbocycles. The van der Waals surface area contributed by atoms with Gasteiger partial charge in [0, 0.05) is 18.0 Å². The number of carbonyl (C=O) groups is 1. The maximum absolute atomic E-state index is 11.5. The SMILES string of the molecule is CC(C)CCCOCC(=O)Nc1cccc(N)c1. The van der Waals surface area contributed by atoms with Gasteiger partial charge in [0.25, 0.3) is 0 Å². The molecule has 0 unspecified atom stereocenters. The van der Waals surface area contributed by atoms with Crippen LogP contribution in [0.2, 0.25) is 0 Å². The molecule has 0 heterocycles. The van der Waals surface area contributed by atoms with Crippen molar-refractivity contribution in [3.05, 3.63) is 24.3 Å². The molecule has 0 saturated heterocycles. The van der Waals surface area contributed by atoms with Gasteiger partial charge in [-0.15, -0.1) is 0 Å². The van der Waals surface area contributed by atoms with Crippen LogP contribution in [-0.4, -0.2) is 19.1 Å². The Labute approximate surface area is 109 Å². The molecule has 4 heteroatoms. The average Bonchev–Trinajstić information content (AvgIpc) is 2.28. The molecule has 0 aliphatic carbocycles. The molecule has 1 amide bonds. The van der Waals surface area contributed by atoms with E-state index in [4.69, 9.17) is 10.5 Å². The molecule has 0 atom stereocenters. The van der Waals surface area contributed by atoms with Crippen LogP contribution >= 0.6 is 0 Å². The lowest BCUT2D eigenvalue weighted by Crippen LogP contribution is -2.18. The van der Waals surface area contributed by atoms with E-state index in [1.807, 2.05) is 0 Å². The molecule has 1 rings (SSSR count). The first kappa shape index (κ1) is 14.5. The highest BCUT2D eigenvalue weighted by Crippen LogP contribution is 2.11. The third-order valence-electron chi connectivity index (χ3n) is 2.47. The predicted octanol–water partition coefficient (Wildman–Crippen LogP) is 2.66. The largest absolute Gasteiger partial charge is 0.399 e. The number of anilines is 2. The number of rotatable bonds is 7. The van der Waals surface area contributed by atoms with Gasteiger partial charge in [-0.05, 0) is 37.0 Å². The van der Waals surface area contributed by atoms with Crippen molar-refractivity contribution in [3.63, 3.8) is 0 Å². The second kappa shape index (κ2) is 7.71. The third kappa shape index (κ3) is 6.25. The molecule has 4 nitrogen and oxygen atoms in total. The summed E-state index contributed by atoms with van der Waals surface area (Å²) in [7, 11) is 0. The number of ether oxygens (including phenoxy) is 1. The monoisotopic (exact) mass is 250 g/mol. The highest BCUT2D eigenvalue weighted by Gasteiger charge is 2.02. The van der Waals surface area contributed by atoms with E-state index in [-0.39, 0.29) is 12.5 Å². The number of carbonyl (C=O) groups excluding carboxylic acids is 1. The van der Waals surface area contributed by atoms with Crippen molar-refractivity contribution < 1.29 is 9.53 Å². The summed E-state index contributed by atoms with van der Waals surface area (Å²) in [6, 6.07) is 7.09. The Morgan fingerprint density at radius 1 is 1.44 bits per heavy atom. The molecule has 0 fully saturated rings. The minimum absolute atomic E-state index is 0.0902. The lowest BCUT2D eigenvalue weighted by atomic mass is 10.1. The fraction of sp³-hybridized carbons (Fsp3) is 0.500. The molecular weight excluding hydrogens is 228 g/mol. The van der Waals surface area contributed by atoms with Crippen LogP contribution in [0.25, 0.3) is 0 Å². The van der Waals surface area contributed by atoms with Crippen molar-refractivity contribution in [1.82, 2.24) is 0 Å². The lowest BCUT2D eigenvalue weighted by molar-refractivity contribution is -0.120. The van der Waals surface area contributed by atoms with E-state index in [9.17, 15) is 4.79 Å². The second-order valence-corrected chi connectivity index (χ2v) is 4.76. The Balaban J connectivity index is 2.18. The average molecular weight is 250 g/mol. The summed E-state index contributed by atoms with van der Waals surface area (Å²) < 4.78 is 5.30. The van der Waals surface area contributed by atoms with Crippen molar-refractivity contribution in [3.8, 4) is 0 Å². The zero-order valence-electron chi connectivity index (χ0n) is 11.1. The van der Waals surface area contributed by atoms with Gasteiger partial charge in [0.2, 0.25) is 5.91 Å². The molecule has 18 heavy (non-hydrogen) atoms. The van der Waals surface area contributed by atoms with Gasteiger partial charge in [-0.2, -0.15) is 0 Å². The van der Waals surface area contributed by atoms with Crippen molar-refractivity contribution in [1.29, 1.82) is 0 Å². The minimum atomic E-state index is -0.148. The van der Waals surface area contributed by atoms with Crippen LogP contribution in [-0.2, 0) is 9.53 Å². The number of benzene rings is 1. The second-order valence-electron chi connectivity index (χ2n) is 4.76. The smallest absolute Gasteiger partial charge is 0.250 e. The van der Waals surface area contributed by atoms with Crippen molar-refractivity contribution in [2.24, 2.45) is 5.92 Å². The van der Waals surface area contributed by atoms with E-state index >= 15 is 0 Å². The van der Waals surface area contributed by atoms with E-state index < -0.39 is 0 Å². The summed E-state index contributed by atoms with van der Waals surface area (Å²) in [4.78, 5) is 11.5. The van der Waals surface area contributed by atoms with Gasteiger partial charge < -0.3 is 15.8 Å². The van der Waals surface area contributed by atoms with Gasteiger partial charge in [0.15, 0.2) is 0 Å². The number of nitrogen functional groups attached to an aromatic ring is 1. The summed E-state index contributed by atoms with van der Waals surface area (Å²) in [6.45, 7) is 5.06. The quantitative estimate of drug-likeness (QED) is 0.577. The number of hydrogen-bond acceptors (Lipinski definition) is 3. The zero-order chi connectivity index (χ0) is 13.4. The number of nitrogens with one attached hydrogen (secondary N) is 1. The van der Waals surface area contributed by atoms with Gasteiger partial charge in [0.05, 0.1) is 0 Å². The van der Waals surface area contributed by atoms with E-state index in [0.29, 0.717) is 23.9 Å². The highest BCUT2D eigenvalue weighted by atomic mass is 16.5. The van der Waals surface area contributed by atoms with E-state index in [2.05, 4.69) is 19.2 Å². The maximum Gasteiger partial charge on any atom is 0.250 e. The standard InChI is InChI=1S/C14H22N2O2/c1-11(2)5-4-8-18-10-14(17)16-13-7-3-6-12(15)9-13/h3,6-7,9,11H,4-5,8,10,15H2,1-2H3,(H,16,17). The predicted molar refractivity (Wildman–Crippen MR) is 74.4 cm³/mol. The van der Waals surface area contributed by atoms with E-state index in [1.165, 1.54) is 0 Å². The van der Waals surface area contributed by atoms with Crippen molar-refractivity contribution >= 4 is 17.3 Å². The fourth-order valence-corrected chi connectivity index (χ4v) is 1.57. The van der Waals surface area contributed by atoms with E-state index in [0.717, 1.165) is 12.8 Å². The van der Waals surface area contributed by atoms with Crippen LogP contribution in [0.4, 0.5) is 11.4 Å². The number of amides is 1. The third-order valence-corrected chi connectivity index (χ3v) is 2.47. The van der Waals surface area contributed by atoms with Crippen LogP contribution in [0.5, 0.6) is 0 Å². The summed E-state index contributed by atoms with van der Waals surface area (Å²) >= 11 is 0. The lowest BCUT2D eigenvalue weighted by Gasteiger charge is -2.07. The first-order chi connectivity index (χ1) is 8.58. The minimum Gasteiger partial charge on any atom is -0.399 e. The van der Waals surface area contributed by atoms with Crippen LogP contribution in [0.3, 0.4) is 0 Å². The van der Waals surface area contributed by atoms with Gasteiger partial charge in [-0.25, -0.2) is 0 Å². The van der Waals surface area contributed by atoms with Gasteiger partial charge in [0.1, 0.15) is 6.61 Å². The maximum atomic E-state index is 11.5. The first-order valence-electron chi connectivity index (χ1n) is 6.31. The number of nitrogens with two attached hydrogens (primary N) is 1. The molecule has 3 N–H and O–H groups in total. The summed E-state index contributed by atoms with van der Waals surface area (Å²) in [5, 5.41) is 2.74. The molecular formula is C14H22N2O2. The zero-order valence-corrected chi connectivity index (χ0v) is 11.1. The summed E-state index contributed by atoms with van der Waals surface area (Å²) in [5.41, 5.74) is 6.95. The van der Waals surface area contributed by atoms with Crippen LogP contribution < -0.4 is 11.1 Å². The summed E-state index contributed by atoms with van der Waals surface area (Å²) in [6.07, 6.45) is 2.11. The van der Waals surface area contributed by atoms with Gasteiger partial charge in [-0.3, -0.25) is 4.79 Å². The highest BCUT2D eigenvalue weighted by molar-refractivity contribution is 5.92. The normalized spacial score (nSPS) is 10.6. The molecule has 0 bridgehead atoms. The summed E-state index contributed by atoms with van der Waals surface area (Å²) in [5.74, 6) is 0.528. The molecule has 0 aromatic heterocycles. The van der Waals surface area contributed by atoms with Crippen molar-refractivity contribution in [2.75, 3.05) is 24.3 Å². The Hall–Kier alpha value is -1.55. The fourth-order valence-electron chi connectivity index (χ4n) is 1.57. The van der Waals surface area contributed by atoms with Crippen LogP contribution in [0, 0.1) is 5.92 Å². The van der Waals surface area contributed by atoms with Gasteiger partial charge in [-0.1, -0.05) is 19.9 Å². The topological polar surface area (TPSA) is 64.3 Å². The van der Waals surface area contributed by atoms with Crippen molar-refractivity contribution in [2.45, 2.75) is 26.7 Å².